The van der Waals surface area contributed by atoms with Crippen molar-refractivity contribution in [3.8, 4) is 0 Å². The standard InChI is InChI=1S/C15H23BrN2O2/c1-2-12-9-13(16)3-4-15(12)17-10-14(19)11-18-5-7-20-8-6-18/h3-4,9,14,17,19H,2,5-8,10-11H2,1H3. The van der Waals surface area contributed by atoms with Gasteiger partial charge in [-0.1, -0.05) is 22.9 Å². The van der Waals surface area contributed by atoms with Crippen molar-refractivity contribution in [1.82, 2.24) is 4.90 Å². The number of β-amino-alcohol motifs (C(OH)–C–C–N with tert-alkyl or cyclic N) is 1. The summed E-state index contributed by atoms with van der Waals surface area (Å²) in [6.45, 7) is 6.78. The molecular formula is C15H23BrN2O2. The summed E-state index contributed by atoms with van der Waals surface area (Å²) < 4.78 is 6.40. The molecular weight excluding hydrogens is 320 g/mol. The lowest BCUT2D eigenvalue weighted by molar-refractivity contribution is 0.0171. The highest BCUT2D eigenvalue weighted by molar-refractivity contribution is 9.10. The van der Waals surface area contributed by atoms with Crippen LogP contribution in [0.5, 0.6) is 0 Å². The molecule has 0 spiro atoms. The number of benzene rings is 1. The summed E-state index contributed by atoms with van der Waals surface area (Å²) in [5, 5.41) is 13.5. The van der Waals surface area contributed by atoms with Crippen molar-refractivity contribution in [2.24, 2.45) is 0 Å². The summed E-state index contributed by atoms with van der Waals surface area (Å²) in [7, 11) is 0. The van der Waals surface area contributed by atoms with Crippen molar-refractivity contribution in [1.29, 1.82) is 0 Å². The molecule has 1 atom stereocenters. The SMILES string of the molecule is CCc1cc(Br)ccc1NCC(O)CN1CCOCC1. The Balaban J connectivity index is 1.81. The Morgan fingerprint density at radius 2 is 2.15 bits per heavy atom. The van der Waals surface area contributed by atoms with Crippen LogP contribution in [0.25, 0.3) is 0 Å². The van der Waals surface area contributed by atoms with Gasteiger partial charge in [0.25, 0.3) is 0 Å². The van der Waals surface area contributed by atoms with Crippen LogP contribution in [0.2, 0.25) is 0 Å². The monoisotopic (exact) mass is 342 g/mol. The third-order valence-electron chi connectivity index (χ3n) is 3.55. The highest BCUT2D eigenvalue weighted by Gasteiger charge is 2.14. The van der Waals surface area contributed by atoms with Crippen LogP contribution in [-0.2, 0) is 11.2 Å². The topological polar surface area (TPSA) is 44.7 Å². The fraction of sp³-hybridized carbons (Fsp3) is 0.600. The summed E-state index contributed by atoms with van der Waals surface area (Å²) in [4.78, 5) is 2.25. The zero-order chi connectivity index (χ0) is 14.4. The van der Waals surface area contributed by atoms with E-state index in [1.54, 1.807) is 0 Å². The Morgan fingerprint density at radius 3 is 2.85 bits per heavy atom. The number of ether oxygens (including phenoxy) is 1. The summed E-state index contributed by atoms with van der Waals surface area (Å²) in [5.74, 6) is 0. The van der Waals surface area contributed by atoms with Crippen molar-refractivity contribution in [2.75, 3.05) is 44.7 Å². The van der Waals surface area contributed by atoms with Crippen LogP contribution in [0.4, 0.5) is 5.69 Å². The molecule has 1 saturated heterocycles. The number of hydrogen-bond donors (Lipinski definition) is 2. The molecule has 2 N–H and O–H groups in total. The number of hydrogen-bond acceptors (Lipinski definition) is 4. The van der Waals surface area contributed by atoms with Gasteiger partial charge in [0.1, 0.15) is 0 Å². The van der Waals surface area contributed by atoms with Gasteiger partial charge in [-0.05, 0) is 30.2 Å². The first-order chi connectivity index (χ1) is 9.69. The lowest BCUT2D eigenvalue weighted by Gasteiger charge is -2.28. The molecule has 1 heterocycles. The predicted molar refractivity (Wildman–Crippen MR) is 85.3 cm³/mol. The first-order valence-corrected chi connectivity index (χ1v) is 7.98. The van der Waals surface area contributed by atoms with Crippen LogP contribution in [0.1, 0.15) is 12.5 Å². The largest absolute Gasteiger partial charge is 0.390 e. The van der Waals surface area contributed by atoms with E-state index in [-0.39, 0.29) is 6.10 Å². The molecule has 1 fully saturated rings. The first-order valence-electron chi connectivity index (χ1n) is 7.19. The smallest absolute Gasteiger partial charge is 0.0839 e. The Hall–Kier alpha value is -0.620. The van der Waals surface area contributed by atoms with E-state index >= 15 is 0 Å². The average Bonchev–Trinajstić information content (AvgIpc) is 2.47. The summed E-state index contributed by atoms with van der Waals surface area (Å²) in [6, 6.07) is 6.21. The lowest BCUT2D eigenvalue weighted by atomic mass is 10.1. The quantitative estimate of drug-likeness (QED) is 0.831. The Labute approximate surface area is 129 Å². The van der Waals surface area contributed by atoms with E-state index in [2.05, 4.69) is 45.2 Å². The van der Waals surface area contributed by atoms with Crippen molar-refractivity contribution in [3.63, 3.8) is 0 Å². The molecule has 1 aromatic rings. The van der Waals surface area contributed by atoms with Crippen LogP contribution < -0.4 is 5.32 Å². The number of aliphatic hydroxyl groups is 1. The van der Waals surface area contributed by atoms with Gasteiger partial charge in [0.05, 0.1) is 19.3 Å². The van der Waals surface area contributed by atoms with Gasteiger partial charge in [0.2, 0.25) is 0 Å². The molecule has 5 heteroatoms. The first kappa shape index (κ1) is 15.8. The van der Waals surface area contributed by atoms with E-state index in [4.69, 9.17) is 4.74 Å². The summed E-state index contributed by atoms with van der Waals surface area (Å²) in [6.07, 6.45) is 0.614. The molecule has 0 aromatic heterocycles. The summed E-state index contributed by atoms with van der Waals surface area (Å²) in [5.41, 5.74) is 2.37. The Kier molecular flexibility index (Phi) is 6.29. The van der Waals surface area contributed by atoms with E-state index in [1.807, 2.05) is 6.07 Å². The average molecular weight is 343 g/mol. The van der Waals surface area contributed by atoms with Crippen LogP contribution in [0.3, 0.4) is 0 Å². The van der Waals surface area contributed by atoms with Crippen LogP contribution in [0, 0.1) is 0 Å². The van der Waals surface area contributed by atoms with E-state index in [0.717, 1.165) is 42.9 Å². The van der Waals surface area contributed by atoms with Gasteiger partial charge in [-0.15, -0.1) is 0 Å². The van der Waals surface area contributed by atoms with E-state index < -0.39 is 0 Å². The zero-order valence-electron chi connectivity index (χ0n) is 11.9. The normalized spacial score (nSPS) is 17.9. The highest BCUT2D eigenvalue weighted by Crippen LogP contribution is 2.21. The minimum atomic E-state index is -0.360. The fourth-order valence-corrected chi connectivity index (χ4v) is 2.81. The molecule has 20 heavy (non-hydrogen) atoms. The second-order valence-electron chi connectivity index (χ2n) is 5.10. The third-order valence-corrected chi connectivity index (χ3v) is 4.04. The molecule has 4 nitrogen and oxygen atoms in total. The highest BCUT2D eigenvalue weighted by atomic mass is 79.9. The van der Waals surface area contributed by atoms with Gasteiger partial charge in [0, 0.05) is 36.3 Å². The van der Waals surface area contributed by atoms with Crippen LogP contribution >= 0.6 is 15.9 Å². The third kappa shape index (κ3) is 4.74. The maximum absolute atomic E-state index is 10.1. The minimum absolute atomic E-state index is 0.360. The van der Waals surface area contributed by atoms with E-state index in [9.17, 15) is 5.11 Å². The van der Waals surface area contributed by atoms with Crippen molar-refractivity contribution in [3.05, 3.63) is 28.2 Å². The molecule has 0 bridgehead atoms. The lowest BCUT2D eigenvalue weighted by Crippen LogP contribution is -2.42. The maximum atomic E-state index is 10.1. The van der Waals surface area contributed by atoms with Crippen molar-refractivity contribution < 1.29 is 9.84 Å². The van der Waals surface area contributed by atoms with E-state index in [1.165, 1.54) is 5.56 Å². The maximum Gasteiger partial charge on any atom is 0.0839 e. The van der Waals surface area contributed by atoms with Crippen molar-refractivity contribution in [2.45, 2.75) is 19.4 Å². The molecule has 1 aliphatic heterocycles. The molecule has 1 aromatic carbocycles. The number of halogens is 1. The predicted octanol–water partition coefficient (Wildman–Crippen LogP) is 2.12. The number of nitrogens with zero attached hydrogens (tertiary/aromatic N) is 1. The van der Waals surface area contributed by atoms with Gasteiger partial charge in [0.15, 0.2) is 0 Å². The van der Waals surface area contributed by atoms with Gasteiger partial charge in [-0.3, -0.25) is 4.90 Å². The van der Waals surface area contributed by atoms with Gasteiger partial charge in [-0.2, -0.15) is 0 Å². The van der Waals surface area contributed by atoms with Gasteiger partial charge < -0.3 is 15.2 Å². The molecule has 0 radical (unpaired) electrons. The molecule has 1 aliphatic rings. The number of morpholine rings is 1. The van der Waals surface area contributed by atoms with Gasteiger partial charge >= 0.3 is 0 Å². The number of rotatable bonds is 6. The molecule has 0 amide bonds. The second-order valence-corrected chi connectivity index (χ2v) is 6.02. The second kappa shape index (κ2) is 7.98. The molecule has 0 saturated carbocycles. The molecule has 0 aliphatic carbocycles. The number of anilines is 1. The molecule has 112 valence electrons. The number of aryl methyl sites for hydroxylation is 1. The number of aliphatic hydroxyl groups excluding tert-OH is 1. The zero-order valence-corrected chi connectivity index (χ0v) is 13.5. The minimum Gasteiger partial charge on any atom is -0.390 e. The van der Waals surface area contributed by atoms with Crippen LogP contribution in [-0.4, -0.2) is 55.5 Å². The van der Waals surface area contributed by atoms with E-state index in [0.29, 0.717) is 13.1 Å². The number of nitrogens with one attached hydrogen (secondary N) is 1. The summed E-state index contributed by atoms with van der Waals surface area (Å²) >= 11 is 3.49. The van der Waals surface area contributed by atoms with Crippen LogP contribution in [0.15, 0.2) is 22.7 Å². The Bertz CT molecular complexity index is 422. The Morgan fingerprint density at radius 1 is 1.40 bits per heavy atom. The molecule has 2 rings (SSSR count). The molecule has 1 unspecified atom stereocenters. The van der Waals surface area contributed by atoms with Gasteiger partial charge in [-0.25, -0.2) is 0 Å². The fourth-order valence-electron chi connectivity index (χ4n) is 2.40. The van der Waals surface area contributed by atoms with Crippen molar-refractivity contribution >= 4 is 21.6 Å².